The van der Waals surface area contributed by atoms with Gasteiger partial charge in [0.1, 0.15) is 5.82 Å². The Hall–Kier alpha value is -2.10. The molecular formula is C14H18N4. The third-order valence-electron chi connectivity index (χ3n) is 2.74. The molecule has 0 atom stereocenters. The molecule has 0 aliphatic carbocycles. The first-order chi connectivity index (χ1) is 8.70. The monoisotopic (exact) mass is 242 g/mol. The summed E-state index contributed by atoms with van der Waals surface area (Å²) in [5, 5.41) is 6.29. The Bertz CT molecular complexity index is 523. The van der Waals surface area contributed by atoms with Crippen molar-refractivity contribution >= 4 is 17.3 Å². The van der Waals surface area contributed by atoms with Crippen molar-refractivity contribution in [2.75, 3.05) is 17.7 Å². The van der Waals surface area contributed by atoms with Crippen molar-refractivity contribution in [3.8, 4) is 0 Å². The summed E-state index contributed by atoms with van der Waals surface area (Å²) in [4.78, 5) is 8.54. The maximum Gasteiger partial charge on any atom is 0.151 e. The summed E-state index contributed by atoms with van der Waals surface area (Å²) < 4.78 is 0. The van der Waals surface area contributed by atoms with Crippen molar-refractivity contribution in [3.63, 3.8) is 0 Å². The summed E-state index contributed by atoms with van der Waals surface area (Å²) in [6, 6.07) is 8.26. The van der Waals surface area contributed by atoms with Crippen LogP contribution in [0.3, 0.4) is 0 Å². The largest absolute Gasteiger partial charge is 0.372 e. The topological polar surface area (TPSA) is 49.8 Å². The molecule has 1 aromatic heterocycles. The van der Waals surface area contributed by atoms with E-state index in [4.69, 9.17) is 0 Å². The number of para-hydroxylation sites is 1. The van der Waals surface area contributed by atoms with Gasteiger partial charge < -0.3 is 10.6 Å². The molecule has 1 heterocycles. The standard InChI is InChI=1S/C14H18N4/c1-10(2)11-6-4-5-7-12(11)17-14-9-16-8-13(15-3)18-14/h4-10H,1-3H3,(H2,15,17,18). The van der Waals surface area contributed by atoms with Gasteiger partial charge in [-0.1, -0.05) is 32.0 Å². The highest BCUT2D eigenvalue weighted by molar-refractivity contribution is 5.61. The van der Waals surface area contributed by atoms with Crippen LogP contribution in [0, 0.1) is 0 Å². The Morgan fingerprint density at radius 1 is 1.06 bits per heavy atom. The van der Waals surface area contributed by atoms with Crippen molar-refractivity contribution in [1.29, 1.82) is 0 Å². The molecule has 0 radical (unpaired) electrons. The van der Waals surface area contributed by atoms with Crippen LogP contribution in [0.15, 0.2) is 36.7 Å². The van der Waals surface area contributed by atoms with E-state index in [1.807, 2.05) is 13.1 Å². The molecule has 1 aromatic carbocycles. The van der Waals surface area contributed by atoms with Crippen molar-refractivity contribution in [1.82, 2.24) is 9.97 Å². The summed E-state index contributed by atoms with van der Waals surface area (Å²) in [6.07, 6.45) is 3.41. The number of nitrogens with one attached hydrogen (secondary N) is 2. The molecule has 94 valence electrons. The number of anilines is 3. The van der Waals surface area contributed by atoms with Gasteiger partial charge in [-0.2, -0.15) is 0 Å². The molecule has 2 N–H and O–H groups in total. The van der Waals surface area contributed by atoms with Crippen LogP contribution < -0.4 is 10.6 Å². The molecule has 0 bridgehead atoms. The Morgan fingerprint density at radius 2 is 1.78 bits per heavy atom. The van der Waals surface area contributed by atoms with Gasteiger partial charge in [-0.3, -0.25) is 4.98 Å². The number of hydrogen-bond acceptors (Lipinski definition) is 4. The zero-order valence-corrected chi connectivity index (χ0v) is 10.9. The van der Waals surface area contributed by atoms with Gasteiger partial charge in [0.25, 0.3) is 0 Å². The van der Waals surface area contributed by atoms with Crippen LogP contribution in [0.1, 0.15) is 25.3 Å². The van der Waals surface area contributed by atoms with Crippen LogP contribution in [0.5, 0.6) is 0 Å². The first-order valence-corrected chi connectivity index (χ1v) is 6.06. The molecule has 2 aromatic rings. The normalized spacial score (nSPS) is 10.4. The van der Waals surface area contributed by atoms with Crippen molar-refractivity contribution in [2.45, 2.75) is 19.8 Å². The lowest BCUT2D eigenvalue weighted by atomic mass is 10.0. The number of nitrogens with zero attached hydrogens (tertiary/aromatic N) is 2. The maximum atomic E-state index is 4.40. The lowest BCUT2D eigenvalue weighted by Crippen LogP contribution is -2.01. The minimum absolute atomic E-state index is 0.467. The maximum absolute atomic E-state index is 4.40. The number of benzene rings is 1. The predicted octanol–water partition coefficient (Wildman–Crippen LogP) is 3.39. The summed E-state index contributed by atoms with van der Waals surface area (Å²) in [5.74, 6) is 1.96. The van der Waals surface area contributed by atoms with Crippen LogP contribution in [0.4, 0.5) is 17.3 Å². The lowest BCUT2D eigenvalue weighted by molar-refractivity contribution is 0.869. The van der Waals surface area contributed by atoms with E-state index in [1.54, 1.807) is 12.4 Å². The van der Waals surface area contributed by atoms with E-state index >= 15 is 0 Å². The van der Waals surface area contributed by atoms with Crippen molar-refractivity contribution in [2.24, 2.45) is 0 Å². The highest BCUT2D eigenvalue weighted by Crippen LogP contribution is 2.26. The lowest BCUT2D eigenvalue weighted by Gasteiger charge is -2.14. The summed E-state index contributed by atoms with van der Waals surface area (Å²) in [7, 11) is 1.83. The molecular weight excluding hydrogens is 224 g/mol. The van der Waals surface area contributed by atoms with Crippen LogP contribution in [0.25, 0.3) is 0 Å². The molecule has 0 aliphatic heterocycles. The Morgan fingerprint density at radius 3 is 2.50 bits per heavy atom. The second kappa shape index (κ2) is 5.49. The van der Waals surface area contributed by atoms with Crippen molar-refractivity contribution in [3.05, 3.63) is 42.2 Å². The van der Waals surface area contributed by atoms with Gasteiger partial charge >= 0.3 is 0 Å². The van der Waals surface area contributed by atoms with Gasteiger partial charge in [0.2, 0.25) is 0 Å². The molecule has 18 heavy (non-hydrogen) atoms. The molecule has 0 amide bonds. The average Bonchev–Trinajstić information content (AvgIpc) is 2.39. The van der Waals surface area contributed by atoms with E-state index < -0.39 is 0 Å². The fourth-order valence-electron chi connectivity index (χ4n) is 1.80. The second-order valence-corrected chi connectivity index (χ2v) is 4.41. The molecule has 0 unspecified atom stereocenters. The van der Waals surface area contributed by atoms with Crippen LogP contribution >= 0.6 is 0 Å². The Balaban J connectivity index is 2.28. The second-order valence-electron chi connectivity index (χ2n) is 4.41. The first-order valence-electron chi connectivity index (χ1n) is 6.06. The molecule has 0 fully saturated rings. The molecule has 2 rings (SSSR count). The van der Waals surface area contributed by atoms with E-state index in [-0.39, 0.29) is 0 Å². The molecule has 0 saturated heterocycles. The third-order valence-corrected chi connectivity index (χ3v) is 2.74. The zero-order valence-electron chi connectivity index (χ0n) is 10.9. The highest BCUT2D eigenvalue weighted by atomic mass is 15.1. The Labute approximate surface area is 107 Å². The summed E-state index contributed by atoms with van der Waals surface area (Å²) in [6.45, 7) is 4.35. The predicted molar refractivity (Wildman–Crippen MR) is 75.4 cm³/mol. The van der Waals surface area contributed by atoms with E-state index in [9.17, 15) is 0 Å². The minimum atomic E-state index is 0.467. The molecule has 0 spiro atoms. The number of aromatic nitrogens is 2. The van der Waals surface area contributed by atoms with Gasteiger partial charge in [0.15, 0.2) is 5.82 Å². The van der Waals surface area contributed by atoms with Crippen molar-refractivity contribution < 1.29 is 0 Å². The van der Waals surface area contributed by atoms with Gasteiger partial charge in [0.05, 0.1) is 12.4 Å². The third kappa shape index (κ3) is 2.77. The van der Waals surface area contributed by atoms with E-state index in [1.165, 1.54) is 5.56 Å². The average molecular weight is 242 g/mol. The quantitative estimate of drug-likeness (QED) is 0.863. The summed E-state index contributed by atoms with van der Waals surface area (Å²) in [5.41, 5.74) is 2.35. The fraction of sp³-hybridized carbons (Fsp3) is 0.286. The molecule has 0 saturated carbocycles. The van der Waals surface area contributed by atoms with Crippen LogP contribution in [-0.2, 0) is 0 Å². The van der Waals surface area contributed by atoms with Crippen LogP contribution in [-0.4, -0.2) is 17.0 Å². The van der Waals surface area contributed by atoms with Gasteiger partial charge in [-0.25, -0.2) is 4.98 Å². The fourth-order valence-corrected chi connectivity index (χ4v) is 1.80. The van der Waals surface area contributed by atoms with Crippen LogP contribution in [0.2, 0.25) is 0 Å². The smallest absolute Gasteiger partial charge is 0.151 e. The highest BCUT2D eigenvalue weighted by Gasteiger charge is 2.06. The van der Waals surface area contributed by atoms with E-state index in [0.29, 0.717) is 5.92 Å². The number of hydrogen-bond donors (Lipinski definition) is 2. The first kappa shape index (κ1) is 12.4. The SMILES string of the molecule is CNc1cncc(Nc2ccccc2C(C)C)n1. The molecule has 4 nitrogen and oxygen atoms in total. The Kier molecular flexibility index (Phi) is 3.77. The summed E-state index contributed by atoms with van der Waals surface area (Å²) >= 11 is 0. The van der Waals surface area contributed by atoms with Gasteiger partial charge in [-0.05, 0) is 17.5 Å². The molecule has 4 heteroatoms. The zero-order chi connectivity index (χ0) is 13.0. The van der Waals surface area contributed by atoms with Gasteiger partial charge in [-0.15, -0.1) is 0 Å². The van der Waals surface area contributed by atoms with E-state index in [0.717, 1.165) is 17.3 Å². The minimum Gasteiger partial charge on any atom is -0.372 e. The van der Waals surface area contributed by atoms with Gasteiger partial charge in [0, 0.05) is 12.7 Å². The van der Waals surface area contributed by atoms with E-state index in [2.05, 4.69) is 52.6 Å². The number of rotatable bonds is 4. The molecule has 0 aliphatic rings.